The number of carbonyl (C=O) groups excluding carboxylic acids is 1. The Kier molecular flexibility index (Phi) is 5.08. The zero-order chi connectivity index (χ0) is 17.5. The zero-order valence-corrected chi connectivity index (χ0v) is 13.5. The van der Waals surface area contributed by atoms with Gasteiger partial charge in [-0.25, -0.2) is 0 Å². The van der Waals surface area contributed by atoms with E-state index in [0.29, 0.717) is 17.0 Å². The highest BCUT2D eigenvalue weighted by Gasteiger charge is 2.08. The maximum Gasteiger partial charge on any atom is 0.228 e. The Balaban J connectivity index is 1.67. The van der Waals surface area contributed by atoms with Gasteiger partial charge in [0.1, 0.15) is 17.6 Å². The molecule has 3 rings (SSSR count). The van der Waals surface area contributed by atoms with Crippen LogP contribution in [0.25, 0.3) is 0 Å². The second-order valence-corrected chi connectivity index (χ2v) is 5.44. The SMILES string of the molecule is N#Cc1ccccc1NC(=O)Cc1cccc(Oc2ccccc2)c1. The van der Waals surface area contributed by atoms with Crippen LogP contribution < -0.4 is 10.1 Å². The van der Waals surface area contributed by atoms with Crippen LogP contribution >= 0.6 is 0 Å². The Labute approximate surface area is 146 Å². The third-order valence-corrected chi connectivity index (χ3v) is 3.56. The number of nitrogens with one attached hydrogen (secondary N) is 1. The van der Waals surface area contributed by atoms with Crippen LogP contribution in [0.2, 0.25) is 0 Å². The normalized spacial score (nSPS) is 9.88. The van der Waals surface area contributed by atoms with Crippen LogP contribution in [0.15, 0.2) is 78.9 Å². The van der Waals surface area contributed by atoms with Gasteiger partial charge in [0.15, 0.2) is 0 Å². The Morgan fingerprint density at radius 3 is 2.44 bits per heavy atom. The van der Waals surface area contributed by atoms with Gasteiger partial charge in [0.25, 0.3) is 0 Å². The number of nitrogens with zero attached hydrogens (tertiary/aromatic N) is 1. The lowest BCUT2D eigenvalue weighted by Gasteiger charge is -2.09. The lowest BCUT2D eigenvalue weighted by molar-refractivity contribution is -0.115. The van der Waals surface area contributed by atoms with Crippen molar-refractivity contribution in [3.05, 3.63) is 90.0 Å². The first kappa shape index (κ1) is 16.3. The lowest BCUT2D eigenvalue weighted by Crippen LogP contribution is -2.15. The molecule has 3 aromatic carbocycles. The van der Waals surface area contributed by atoms with E-state index in [1.165, 1.54) is 0 Å². The van der Waals surface area contributed by atoms with Crippen molar-refractivity contribution in [3.8, 4) is 17.6 Å². The summed E-state index contributed by atoms with van der Waals surface area (Å²) < 4.78 is 5.78. The molecular weight excluding hydrogens is 312 g/mol. The summed E-state index contributed by atoms with van der Waals surface area (Å²) in [7, 11) is 0. The van der Waals surface area contributed by atoms with E-state index in [0.717, 1.165) is 11.3 Å². The van der Waals surface area contributed by atoms with E-state index < -0.39 is 0 Å². The summed E-state index contributed by atoms with van der Waals surface area (Å²) in [5, 5.41) is 11.9. The van der Waals surface area contributed by atoms with Crippen molar-refractivity contribution in [1.29, 1.82) is 5.26 Å². The van der Waals surface area contributed by atoms with E-state index in [4.69, 9.17) is 10.00 Å². The predicted molar refractivity (Wildman–Crippen MR) is 96.4 cm³/mol. The summed E-state index contributed by atoms with van der Waals surface area (Å²) in [4.78, 5) is 12.3. The summed E-state index contributed by atoms with van der Waals surface area (Å²) in [6.45, 7) is 0. The molecule has 0 saturated carbocycles. The van der Waals surface area contributed by atoms with E-state index in [1.54, 1.807) is 24.3 Å². The second kappa shape index (κ2) is 7.80. The average Bonchev–Trinajstić information content (AvgIpc) is 2.63. The quantitative estimate of drug-likeness (QED) is 0.748. The number of rotatable bonds is 5. The molecule has 0 aliphatic rings. The van der Waals surface area contributed by atoms with Crippen molar-refractivity contribution < 1.29 is 9.53 Å². The van der Waals surface area contributed by atoms with Crippen LogP contribution in [-0.2, 0) is 11.2 Å². The van der Waals surface area contributed by atoms with Gasteiger partial charge in [-0.3, -0.25) is 4.79 Å². The molecule has 0 saturated heterocycles. The topological polar surface area (TPSA) is 62.1 Å². The van der Waals surface area contributed by atoms with E-state index in [1.807, 2.05) is 54.6 Å². The number of nitriles is 1. The predicted octanol–water partition coefficient (Wildman–Crippen LogP) is 4.53. The minimum Gasteiger partial charge on any atom is -0.457 e. The van der Waals surface area contributed by atoms with E-state index >= 15 is 0 Å². The summed E-state index contributed by atoms with van der Waals surface area (Å²) in [5.74, 6) is 1.24. The molecule has 0 spiro atoms. The van der Waals surface area contributed by atoms with Crippen LogP contribution in [-0.4, -0.2) is 5.91 Å². The number of para-hydroxylation sites is 2. The molecular formula is C21H16N2O2. The molecule has 25 heavy (non-hydrogen) atoms. The summed E-state index contributed by atoms with van der Waals surface area (Å²) in [6, 6.07) is 25.9. The van der Waals surface area contributed by atoms with Gasteiger partial charge < -0.3 is 10.1 Å². The van der Waals surface area contributed by atoms with E-state index in [2.05, 4.69) is 11.4 Å². The summed E-state index contributed by atoms with van der Waals surface area (Å²) in [5.41, 5.74) is 1.80. The first-order valence-electron chi connectivity index (χ1n) is 7.85. The van der Waals surface area contributed by atoms with Crippen LogP contribution in [0.1, 0.15) is 11.1 Å². The first-order valence-corrected chi connectivity index (χ1v) is 7.85. The van der Waals surface area contributed by atoms with Crippen molar-refractivity contribution in [2.75, 3.05) is 5.32 Å². The molecule has 0 unspecified atom stereocenters. The summed E-state index contributed by atoms with van der Waals surface area (Å²) in [6.07, 6.45) is 0.200. The largest absolute Gasteiger partial charge is 0.457 e. The van der Waals surface area contributed by atoms with Crippen molar-refractivity contribution in [2.45, 2.75) is 6.42 Å². The second-order valence-electron chi connectivity index (χ2n) is 5.44. The minimum absolute atomic E-state index is 0.181. The van der Waals surface area contributed by atoms with E-state index in [-0.39, 0.29) is 12.3 Å². The number of ether oxygens (including phenoxy) is 1. The third kappa shape index (κ3) is 4.46. The molecule has 1 amide bonds. The van der Waals surface area contributed by atoms with Gasteiger partial charge in [-0.2, -0.15) is 5.26 Å². The fraction of sp³-hybridized carbons (Fsp3) is 0.0476. The van der Waals surface area contributed by atoms with Gasteiger partial charge >= 0.3 is 0 Å². The van der Waals surface area contributed by atoms with Crippen molar-refractivity contribution in [2.24, 2.45) is 0 Å². The average molecular weight is 328 g/mol. The number of hydrogen-bond acceptors (Lipinski definition) is 3. The van der Waals surface area contributed by atoms with Crippen molar-refractivity contribution in [1.82, 2.24) is 0 Å². The molecule has 122 valence electrons. The standard InChI is InChI=1S/C21H16N2O2/c22-15-17-8-4-5-12-20(17)23-21(24)14-16-7-6-11-19(13-16)25-18-9-2-1-3-10-18/h1-13H,14H2,(H,23,24). The number of amides is 1. The highest BCUT2D eigenvalue weighted by atomic mass is 16.5. The highest BCUT2D eigenvalue weighted by Crippen LogP contribution is 2.22. The van der Waals surface area contributed by atoms with E-state index in [9.17, 15) is 4.79 Å². The maximum atomic E-state index is 12.3. The Hall–Kier alpha value is -3.58. The van der Waals surface area contributed by atoms with Gasteiger partial charge in [0, 0.05) is 0 Å². The molecule has 4 heteroatoms. The molecule has 3 aromatic rings. The third-order valence-electron chi connectivity index (χ3n) is 3.56. The highest BCUT2D eigenvalue weighted by molar-refractivity contribution is 5.93. The Morgan fingerprint density at radius 2 is 1.64 bits per heavy atom. The number of benzene rings is 3. The molecule has 1 N–H and O–H groups in total. The lowest BCUT2D eigenvalue weighted by atomic mass is 10.1. The molecule has 0 aliphatic carbocycles. The zero-order valence-electron chi connectivity index (χ0n) is 13.5. The van der Waals surface area contributed by atoms with Gasteiger partial charge in [-0.15, -0.1) is 0 Å². The van der Waals surface area contributed by atoms with Gasteiger partial charge in [0.2, 0.25) is 5.91 Å². The first-order chi connectivity index (χ1) is 12.2. The van der Waals surface area contributed by atoms with Crippen LogP contribution in [0.5, 0.6) is 11.5 Å². The van der Waals surface area contributed by atoms with Crippen LogP contribution in [0.3, 0.4) is 0 Å². The monoisotopic (exact) mass is 328 g/mol. The van der Waals surface area contributed by atoms with Crippen LogP contribution in [0, 0.1) is 11.3 Å². The molecule has 0 radical (unpaired) electrons. The smallest absolute Gasteiger partial charge is 0.228 e. The number of carbonyl (C=O) groups is 1. The molecule has 0 bridgehead atoms. The van der Waals surface area contributed by atoms with Crippen LogP contribution in [0.4, 0.5) is 5.69 Å². The van der Waals surface area contributed by atoms with Gasteiger partial charge in [-0.05, 0) is 42.0 Å². The number of hydrogen-bond donors (Lipinski definition) is 1. The minimum atomic E-state index is -0.181. The Morgan fingerprint density at radius 1 is 0.920 bits per heavy atom. The maximum absolute atomic E-state index is 12.3. The molecule has 4 nitrogen and oxygen atoms in total. The molecule has 0 fully saturated rings. The fourth-order valence-corrected chi connectivity index (χ4v) is 2.41. The summed E-state index contributed by atoms with van der Waals surface area (Å²) >= 11 is 0. The number of anilines is 1. The Bertz CT molecular complexity index is 914. The molecule has 0 atom stereocenters. The van der Waals surface area contributed by atoms with Crippen molar-refractivity contribution in [3.63, 3.8) is 0 Å². The van der Waals surface area contributed by atoms with Gasteiger partial charge in [-0.1, -0.05) is 42.5 Å². The fourth-order valence-electron chi connectivity index (χ4n) is 2.41. The molecule has 0 heterocycles. The van der Waals surface area contributed by atoms with Gasteiger partial charge in [0.05, 0.1) is 17.7 Å². The van der Waals surface area contributed by atoms with Crippen molar-refractivity contribution >= 4 is 11.6 Å². The molecule has 0 aliphatic heterocycles. The molecule has 0 aromatic heterocycles.